The highest BCUT2D eigenvalue weighted by atomic mass is 127. The Balaban J connectivity index is 2.20. The summed E-state index contributed by atoms with van der Waals surface area (Å²) >= 11 is 11.5. The maximum atomic E-state index is 12.4. The lowest BCUT2D eigenvalue weighted by Crippen LogP contribution is -2.30. The van der Waals surface area contributed by atoms with Gasteiger partial charge in [-0.25, -0.2) is 0 Å². The second kappa shape index (κ2) is 7.43. The Morgan fingerprint density at radius 2 is 1.95 bits per heavy atom. The molecule has 2 rings (SSSR count). The van der Waals surface area contributed by atoms with Crippen LogP contribution in [0.3, 0.4) is 0 Å². The van der Waals surface area contributed by atoms with Crippen LogP contribution < -0.4 is 5.32 Å². The van der Waals surface area contributed by atoms with E-state index in [1.54, 1.807) is 0 Å². The van der Waals surface area contributed by atoms with Gasteiger partial charge in [-0.1, -0.05) is 46.3 Å². The number of carbonyl (C=O) groups excluding carboxylic acids is 1. The second-order valence-electron chi connectivity index (χ2n) is 4.22. The van der Waals surface area contributed by atoms with Crippen molar-refractivity contribution >= 4 is 56.0 Å². The average molecular weight is 465 g/mol. The molecule has 0 fully saturated rings. The number of alkyl halides is 1. The molecule has 104 valence electrons. The minimum absolute atomic E-state index is 0.120. The summed E-state index contributed by atoms with van der Waals surface area (Å²) in [5, 5.41) is 2.97. The van der Waals surface area contributed by atoms with Gasteiger partial charge in [0.05, 0.1) is 11.6 Å². The van der Waals surface area contributed by atoms with Crippen LogP contribution in [0.15, 0.2) is 53.0 Å². The van der Waals surface area contributed by atoms with Gasteiger partial charge >= 0.3 is 0 Å². The number of benzene rings is 2. The van der Waals surface area contributed by atoms with Crippen molar-refractivity contribution in [1.82, 2.24) is 5.32 Å². The molecule has 1 amide bonds. The zero-order valence-electron chi connectivity index (χ0n) is 10.4. The molecule has 1 N–H and O–H groups in total. The highest BCUT2D eigenvalue weighted by Gasteiger charge is 2.16. The highest BCUT2D eigenvalue weighted by molar-refractivity contribution is 14.1. The largest absolute Gasteiger partial charge is 0.344 e. The van der Waals surface area contributed by atoms with E-state index in [1.165, 1.54) is 0 Å². The van der Waals surface area contributed by atoms with E-state index in [9.17, 15) is 4.79 Å². The number of rotatable bonds is 4. The molecule has 1 atom stereocenters. The van der Waals surface area contributed by atoms with Crippen molar-refractivity contribution in [3.8, 4) is 0 Å². The summed E-state index contributed by atoms with van der Waals surface area (Å²) in [4.78, 5) is 12.4. The molecular formula is C15H12BrClINO. The number of hydrogen-bond donors (Lipinski definition) is 1. The van der Waals surface area contributed by atoms with Gasteiger partial charge < -0.3 is 5.32 Å². The number of hydrogen-bond acceptors (Lipinski definition) is 1. The summed E-state index contributed by atoms with van der Waals surface area (Å²) in [7, 11) is 0. The first-order valence-electron chi connectivity index (χ1n) is 5.98. The second-order valence-corrected chi connectivity index (χ2v) is 6.60. The Labute approximate surface area is 145 Å². The van der Waals surface area contributed by atoms with Crippen LogP contribution in [-0.4, -0.2) is 11.8 Å². The molecule has 1 unspecified atom stereocenters. The van der Waals surface area contributed by atoms with Gasteiger partial charge in [0, 0.05) is 13.9 Å². The standard InChI is InChI=1S/C15H12BrClINO/c16-11-6-7-13(18)12(8-11)15(20)19-14(9-17)10-4-2-1-3-5-10/h1-8,14H,9H2,(H,19,20). The van der Waals surface area contributed by atoms with E-state index in [0.717, 1.165) is 13.6 Å². The molecular weight excluding hydrogens is 452 g/mol. The highest BCUT2D eigenvalue weighted by Crippen LogP contribution is 2.20. The zero-order chi connectivity index (χ0) is 14.5. The van der Waals surface area contributed by atoms with Gasteiger partial charge in [-0.3, -0.25) is 4.79 Å². The summed E-state index contributed by atoms with van der Waals surface area (Å²) in [5.74, 6) is 0.213. The molecule has 0 aromatic heterocycles. The smallest absolute Gasteiger partial charge is 0.252 e. The number of nitrogens with one attached hydrogen (secondary N) is 1. The Kier molecular flexibility index (Phi) is 5.86. The fraction of sp³-hybridized carbons (Fsp3) is 0.133. The van der Waals surface area contributed by atoms with E-state index in [2.05, 4.69) is 43.8 Å². The first-order chi connectivity index (χ1) is 9.61. The van der Waals surface area contributed by atoms with Crippen LogP contribution in [0, 0.1) is 3.57 Å². The van der Waals surface area contributed by atoms with Gasteiger partial charge in [-0.2, -0.15) is 0 Å². The fourth-order valence-corrected chi connectivity index (χ4v) is 3.00. The van der Waals surface area contributed by atoms with Crippen molar-refractivity contribution in [2.45, 2.75) is 6.04 Å². The minimum atomic E-state index is -0.194. The predicted octanol–water partition coefficient (Wildman–Crippen LogP) is 4.76. The topological polar surface area (TPSA) is 29.1 Å². The summed E-state index contributed by atoms with van der Waals surface area (Å²) in [6.45, 7) is 0. The fourth-order valence-electron chi connectivity index (χ4n) is 1.80. The number of carbonyl (C=O) groups is 1. The van der Waals surface area contributed by atoms with E-state index >= 15 is 0 Å². The molecule has 0 spiro atoms. The Morgan fingerprint density at radius 3 is 2.60 bits per heavy atom. The molecule has 5 heteroatoms. The number of amides is 1. The SMILES string of the molecule is O=C(NC(CCl)c1ccccc1)c1cc(Br)ccc1I. The predicted molar refractivity (Wildman–Crippen MR) is 94.2 cm³/mol. The van der Waals surface area contributed by atoms with Crippen LogP contribution in [0.4, 0.5) is 0 Å². The molecule has 0 bridgehead atoms. The molecule has 0 heterocycles. The molecule has 0 aliphatic rings. The minimum Gasteiger partial charge on any atom is -0.344 e. The normalized spacial score (nSPS) is 11.9. The van der Waals surface area contributed by atoms with Gasteiger partial charge in [0.15, 0.2) is 0 Å². The Bertz CT molecular complexity index is 606. The maximum absolute atomic E-state index is 12.4. The van der Waals surface area contributed by atoms with Gasteiger partial charge in [0.2, 0.25) is 0 Å². The summed E-state index contributed by atoms with van der Waals surface area (Å²) < 4.78 is 1.79. The van der Waals surface area contributed by atoms with Crippen LogP contribution in [0.25, 0.3) is 0 Å². The molecule has 0 aliphatic carbocycles. The van der Waals surface area contributed by atoms with E-state index in [0.29, 0.717) is 11.4 Å². The lowest BCUT2D eigenvalue weighted by atomic mass is 10.1. The van der Waals surface area contributed by atoms with Crippen molar-refractivity contribution in [2.24, 2.45) is 0 Å². The molecule has 2 aromatic rings. The van der Waals surface area contributed by atoms with Crippen molar-refractivity contribution < 1.29 is 4.79 Å². The van der Waals surface area contributed by atoms with Crippen molar-refractivity contribution in [3.05, 3.63) is 67.7 Å². The first kappa shape index (κ1) is 15.8. The lowest BCUT2D eigenvalue weighted by molar-refractivity contribution is 0.0939. The van der Waals surface area contributed by atoms with E-state index in [-0.39, 0.29) is 11.9 Å². The molecule has 0 saturated heterocycles. The third-order valence-electron chi connectivity index (χ3n) is 2.83. The van der Waals surface area contributed by atoms with Crippen LogP contribution in [-0.2, 0) is 0 Å². The van der Waals surface area contributed by atoms with E-state index in [4.69, 9.17) is 11.6 Å². The molecule has 0 saturated carbocycles. The van der Waals surface area contributed by atoms with E-state index < -0.39 is 0 Å². The summed E-state index contributed by atoms with van der Waals surface area (Å²) in [5.41, 5.74) is 1.65. The third kappa shape index (κ3) is 3.96. The summed E-state index contributed by atoms with van der Waals surface area (Å²) in [6.07, 6.45) is 0. The number of halogens is 3. The first-order valence-corrected chi connectivity index (χ1v) is 8.39. The Hall–Kier alpha value is -0.590. The molecule has 2 nitrogen and oxygen atoms in total. The van der Waals surface area contributed by atoms with E-state index in [1.807, 2.05) is 48.5 Å². The van der Waals surface area contributed by atoms with Crippen molar-refractivity contribution in [3.63, 3.8) is 0 Å². The molecule has 0 aliphatic heterocycles. The van der Waals surface area contributed by atoms with Crippen LogP contribution in [0.5, 0.6) is 0 Å². The average Bonchev–Trinajstić information content (AvgIpc) is 2.48. The third-order valence-corrected chi connectivity index (χ3v) is 4.58. The van der Waals surface area contributed by atoms with Crippen molar-refractivity contribution in [2.75, 3.05) is 5.88 Å². The molecule has 2 aromatic carbocycles. The maximum Gasteiger partial charge on any atom is 0.252 e. The van der Waals surface area contributed by atoms with Crippen LogP contribution in [0.2, 0.25) is 0 Å². The summed E-state index contributed by atoms with van der Waals surface area (Å²) in [6, 6.07) is 15.2. The quantitative estimate of drug-likeness (QED) is 0.513. The lowest BCUT2D eigenvalue weighted by Gasteiger charge is -2.17. The Morgan fingerprint density at radius 1 is 1.25 bits per heavy atom. The molecule has 0 radical (unpaired) electrons. The van der Waals surface area contributed by atoms with Gasteiger partial charge in [0.25, 0.3) is 5.91 Å². The van der Waals surface area contributed by atoms with Crippen molar-refractivity contribution in [1.29, 1.82) is 0 Å². The monoisotopic (exact) mass is 463 g/mol. The van der Waals surface area contributed by atoms with Crippen LogP contribution in [0.1, 0.15) is 22.0 Å². The van der Waals surface area contributed by atoms with Crippen LogP contribution >= 0.6 is 50.1 Å². The van der Waals surface area contributed by atoms with Gasteiger partial charge in [-0.15, -0.1) is 11.6 Å². The van der Waals surface area contributed by atoms with Gasteiger partial charge in [-0.05, 0) is 46.4 Å². The zero-order valence-corrected chi connectivity index (χ0v) is 14.9. The van der Waals surface area contributed by atoms with Gasteiger partial charge in [0.1, 0.15) is 0 Å². The molecule has 20 heavy (non-hydrogen) atoms.